The molecule has 0 aromatic carbocycles. The number of nitrogen functional groups attached to an aromatic ring is 1. The second kappa shape index (κ2) is 4.94. The largest absolute Gasteiger partial charge is 0.397 e. The molecule has 1 aliphatic heterocycles. The zero-order valence-corrected chi connectivity index (χ0v) is 11.1. The second-order valence-corrected chi connectivity index (χ2v) is 5.48. The van der Waals surface area contributed by atoms with Gasteiger partial charge in [-0.15, -0.1) is 0 Å². The summed E-state index contributed by atoms with van der Waals surface area (Å²) in [6.45, 7) is 8.99. The fourth-order valence-electron chi connectivity index (χ4n) is 2.70. The number of nitrogens with two attached hydrogens (primary N) is 1. The maximum atomic E-state index is 5.74. The molecule has 0 spiro atoms. The van der Waals surface area contributed by atoms with E-state index in [4.69, 9.17) is 5.73 Å². The van der Waals surface area contributed by atoms with Crippen LogP contribution in [0.3, 0.4) is 0 Å². The second-order valence-electron chi connectivity index (χ2n) is 5.48. The molecular weight excluding hydrogens is 210 g/mol. The van der Waals surface area contributed by atoms with Crippen molar-refractivity contribution < 1.29 is 0 Å². The maximum Gasteiger partial charge on any atom is 0.131 e. The van der Waals surface area contributed by atoms with Crippen molar-refractivity contribution in [1.29, 1.82) is 0 Å². The summed E-state index contributed by atoms with van der Waals surface area (Å²) in [5.74, 6) is 2.79. The molecule has 0 saturated carbocycles. The van der Waals surface area contributed by atoms with Crippen LogP contribution >= 0.6 is 0 Å². The minimum Gasteiger partial charge on any atom is -0.397 e. The van der Waals surface area contributed by atoms with Crippen LogP contribution < -0.4 is 10.6 Å². The predicted molar refractivity (Wildman–Crippen MR) is 73.2 cm³/mol. The summed E-state index contributed by atoms with van der Waals surface area (Å²) in [4.78, 5) is 6.87. The molecule has 1 saturated heterocycles. The number of hydrogen-bond acceptors (Lipinski definition) is 3. The average Bonchev–Trinajstić information content (AvgIpc) is 2.29. The van der Waals surface area contributed by atoms with Crippen molar-refractivity contribution in [3.05, 3.63) is 17.8 Å². The number of pyridine rings is 1. The number of nitrogens with zero attached hydrogens (tertiary/aromatic N) is 2. The molecule has 2 N–H and O–H groups in total. The van der Waals surface area contributed by atoms with Gasteiger partial charge < -0.3 is 10.6 Å². The lowest BCUT2D eigenvalue weighted by Crippen LogP contribution is -2.36. The highest BCUT2D eigenvalue weighted by molar-refractivity contribution is 5.52. The van der Waals surface area contributed by atoms with Crippen molar-refractivity contribution in [3.63, 3.8) is 0 Å². The maximum absolute atomic E-state index is 5.74. The Bertz CT molecular complexity index is 379. The van der Waals surface area contributed by atoms with E-state index in [1.54, 1.807) is 6.20 Å². The number of rotatable bonds is 2. The molecule has 1 aromatic heterocycles. The van der Waals surface area contributed by atoms with Crippen LogP contribution in [0.15, 0.2) is 12.3 Å². The molecule has 2 rings (SSSR count). The van der Waals surface area contributed by atoms with Crippen molar-refractivity contribution in [2.75, 3.05) is 23.7 Å². The van der Waals surface area contributed by atoms with E-state index >= 15 is 0 Å². The molecule has 1 fully saturated rings. The summed E-state index contributed by atoms with van der Waals surface area (Å²) >= 11 is 0. The Morgan fingerprint density at radius 2 is 2.00 bits per heavy atom. The van der Waals surface area contributed by atoms with Crippen molar-refractivity contribution in [2.45, 2.75) is 33.6 Å². The molecule has 1 aliphatic rings. The topological polar surface area (TPSA) is 42.1 Å². The Morgan fingerprint density at radius 1 is 1.35 bits per heavy atom. The molecule has 3 heteroatoms. The molecule has 0 bridgehead atoms. The van der Waals surface area contributed by atoms with Crippen LogP contribution in [0.1, 0.15) is 32.3 Å². The first kappa shape index (κ1) is 12.2. The lowest BCUT2D eigenvalue weighted by molar-refractivity contribution is 0.310. The first-order valence-corrected chi connectivity index (χ1v) is 6.55. The van der Waals surface area contributed by atoms with Crippen LogP contribution in [-0.2, 0) is 0 Å². The van der Waals surface area contributed by atoms with Gasteiger partial charge in [0.25, 0.3) is 0 Å². The Kier molecular flexibility index (Phi) is 3.55. The fraction of sp³-hybridized carbons (Fsp3) is 0.643. The lowest BCUT2D eigenvalue weighted by atomic mass is 9.86. The van der Waals surface area contributed by atoms with Gasteiger partial charge in [0.15, 0.2) is 0 Å². The summed E-state index contributed by atoms with van der Waals surface area (Å²) in [6, 6.07) is 2.01. The van der Waals surface area contributed by atoms with Gasteiger partial charge in [0.2, 0.25) is 0 Å². The number of anilines is 2. The molecule has 0 amide bonds. The molecule has 0 atom stereocenters. The third-order valence-electron chi connectivity index (χ3n) is 3.85. The zero-order chi connectivity index (χ0) is 12.4. The van der Waals surface area contributed by atoms with Crippen LogP contribution in [0.4, 0.5) is 11.5 Å². The minimum atomic E-state index is 0.753. The number of hydrogen-bond donors (Lipinski definition) is 1. The third-order valence-corrected chi connectivity index (χ3v) is 3.85. The highest BCUT2D eigenvalue weighted by Crippen LogP contribution is 2.28. The van der Waals surface area contributed by atoms with Crippen molar-refractivity contribution in [2.24, 2.45) is 11.8 Å². The molecular formula is C14H23N3. The summed E-state index contributed by atoms with van der Waals surface area (Å²) < 4.78 is 0. The zero-order valence-electron chi connectivity index (χ0n) is 11.1. The van der Waals surface area contributed by atoms with E-state index in [1.165, 1.54) is 18.4 Å². The third kappa shape index (κ3) is 2.71. The standard InChI is InChI=1S/C14H23N3/c1-10(2)12-4-6-17(7-5-12)14-11(3)8-13(15)9-16-14/h8-10,12H,4-7,15H2,1-3H3. The summed E-state index contributed by atoms with van der Waals surface area (Å²) in [7, 11) is 0. The van der Waals surface area contributed by atoms with E-state index in [1.807, 2.05) is 6.07 Å². The number of aromatic nitrogens is 1. The quantitative estimate of drug-likeness (QED) is 0.854. The SMILES string of the molecule is Cc1cc(N)cnc1N1CCC(C(C)C)CC1. The van der Waals surface area contributed by atoms with E-state index in [2.05, 4.69) is 30.7 Å². The molecule has 2 heterocycles. The Balaban J connectivity index is 2.05. The molecule has 3 nitrogen and oxygen atoms in total. The molecule has 0 aliphatic carbocycles. The summed E-state index contributed by atoms with van der Waals surface area (Å²) in [5.41, 5.74) is 7.68. The molecule has 0 radical (unpaired) electrons. The summed E-state index contributed by atoms with van der Waals surface area (Å²) in [5, 5.41) is 0. The van der Waals surface area contributed by atoms with Crippen LogP contribution in [0.2, 0.25) is 0 Å². The monoisotopic (exact) mass is 233 g/mol. The van der Waals surface area contributed by atoms with Gasteiger partial charge in [0, 0.05) is 13.1 Å². The Labute approximate surface area is 104 Å². The first-order valence-electron chi connectivity index (χ1n) is 6.55. The fourth-order valence-corrected chi connectivity index (χ4v) is 2.70. The van der Waals surface area contributed by atoms with Gasteiger partial charge in [-0.2, -0.15) is 0 Å². The predicted octanol–water partition coefficient (Wildman–Crippen LogP) is 2.84. The number of aryl methyl sites for hydroxylation is 1. The number of piperidine rings is 1. The lowest BCUT2D eigenvalue weighted by Gasteiger charge is -2.35. The van der Waals surface area contributed by atoms with Gasteiger partial charge in [-0.1, -0.05) is 13.8 Å². The van der Waals surface area contributed by atoms with E-state index in [0.29, 0.717) is 0 Å². The Morgan fingerprint density at radius 3 is 2.53 bits per heavy atom. The molecule has 1 aromatic rings. The van der Waals surface area contributed by atoms with Crippen LogP contribution in [0, 0.1) is 18.8 Å². The Hall–Kier alpha value is -1.25. The van der Waals surface area contributed by atoms with Gasteiger partial charge in [-0.3, -0.25) is 0 Å². The average molecular weight is 233 g/mol. The van der Waals surface area contributed by atoms with E-state index < -0.39 is 0 Å². The van der Waals surface area contributed by atoms with Gasteiger partial charge in [0.1, 0.15) is 5.82 Å². The molecule has 17 heavy (non-hydrogen) atoms. The normalized spacial score (nSPS) is 17.8. The minimum absolute atomic E-state index is 0.753. The van der Waals surface area contributed by atoms with Crippen molar-refractivity contribution >= 4 is 11.5 Å². The van der Waals surface area contributed by atoms with Gasteiger partial charge >= 0.3 is 0 Å². The highest BCUT2D eigenvalue weighted by atomic mass is 15.2. The van der Waals surface area contributed by atoms with Crippen molar-refractivity contribution in [3.8, 4) is 0 Å². The van der Waals surface area contributed by atoms with E-state index in [9.17, 15) is 0 Å². The van der Waals surface area contributed by atoms with E-state index in [0.717, 1.165) is 36.4 Å². The summed E-state index contributed by atoms with van der Waals surface area (Å²) in [6.07, 6.45) is 4.32. The van der Waals surface area contributed by atoms with Gasteiger partial charge in [-0.05, 0) is 43.2 Å². The molecule has 0 unspecified atom stereocenters. The van der Waals surface area contributed by atoms with Crippen LogP contribution in [-0.4, -0.2) is 18.1 Å². The van der Waals surface area contributed by atoms with Gasteiger partial charge in [-0.25, -0.2) is 4.98 Å². The van der Waals surface area contributed by atoms with Gasteiger partial charge in [0.05, 0.1) is 11.9 Å². The van der Waals surface area contributed by atoms with Crippen LogP contribution in [0.25, 0.3) is 0 Å². The highest BCUT2D eigenvalue weighted by Gasteiger charge is 2.22. The van der Waals surface area contributed by atoms with E-state index in [-0.39, 0.29) is 0 Å². The first-order chi connectivity index (χ1) is 8.08. The molecule has 94 valence electrons. The smallest absolute Gasteiger partial charge is 0.131 e. The van der Waals surface area contributed by atoms with Crippen molar-refractivity contribution in [1.82, 2.24) is 4.98 Å². The van der Waals surface area contributed by atoms with Crippen LogP contribution in [0.5, 0.6) is 0 Å².